The average molecular weight is 303 g/mol. The highest BCUT2D eigenvalue weighted by Crippen LogP contribution is 2.32. The number of hydrogen-bond acceptors (Lipinski definition) is 3. The third-order valence-corrected chi connectivity index (χ3v) is 5.22. The fraction of sp³-hybridized carbons (Fsp3) is 0.667. The van der Waals surface area contributed by atoms with Gasteiger partial charge in [0, 0.05) is 27.3 Å². The number of halogens is 1. The maximum absolute atomic E-state index is 3.53. The molecular weight excluding hydrogens is 284 g/mol. The van der Waals surface area contributed by atoms with Gasteiger partial charge in [-0.25, -0.2) is 0 Å². The highest BCUT2D eigenvalue weighted by Gasteiger charge is 2.26. The van der Waals surface area contributed by atoms with Crippen LogP contribution in [0.25, 0.3) is 0 Å². The zero-order valence-electron chi connectivity index (χ0n) is 9.87. The van der Waals surface area contributed by atoms with E-state index in [-0.39, 0.29) is 0 Å². The number of rotatable bonds is 4. The van der Waals surface area contributed by atoms with E-state index >= 15 is 0 Å². The molecule has 0 bridgehead atoms. The number of nitrogens with zero attached hydrogens (tertiary/aromatic N) is 1. The molecule has 0 radical (unpaired) electrons. The van der Waals surface area contributed by atoms with Crippen molar-refractivity contribution in [2.45, 2.75) is 19.4 Å². The van der Waals surface area contributed by atoms with E-state index in [9.17, 15) is 0 Å². The standard InChI is InChI=1S/C12H19BrN2S/c1-9(12-5-11(13)8-16-12)15-4-3-10(7-15)6-14-2/h5,8-10,14H,3-4,6-7H2,1-2H3. The van der Waals surface area contributed by atoms with Gasteiger partial charge in [0.25, 0.3) is 0 Å². The molecule has 4 heteroatoms. The van der Waals surface area contributed by atoms with Gasteiger partial charge in [-0.2, -0.15) is 0 Å². The molecule has 1 aliphatic heterocycles. The highest BCUT2D eigenvalue weighted by atomic mass is 79.9. The Morgan fingerprint density at radius 1 is 1.69 bits per heavy atom. The fourth-order valence-electron chi connectivity index (χ4n) is 2.40. The minimum Gasteiger partial charge on any atom is -0.319 e. The van der Waals surface area contributed by atoms with Crippen molar-refractivity contribution in [3.8, 4) is 0 Å². The van der Waals surface area contributed by atoms with Gasteiger partial charge in [0.1, 0.15) is 0 Å². The van der Waals surface area contributed by atoms with Crippen molar-refractivity contribution in [1.29, 1.82) is 0 Å². The Morgan fingerprint density at radius 2 is 2.50 bits per heavy atom. The van der Waals surface area contributed by atoms with Crippen LogP contribution in [0.5, 0.6) is 0 Å². The Bertz CT molecular complexity index is 340. The molecule has 0 amide bonds. The molecule has 0 saturated carbocycles. The molecule has 1 saturated heterocycles. The minimum absolute atomic E-state index is 0.568. The Hall–Kier alpha value is 0.1000. The summed E-state index contributed by atoms with van der Waals surface area (Å²) < 4.78 is 1.21. The molecule has 0 aliphatic carbocycles. The van der Waals surface area contributed by atoms with Gasteiger partial charge < -0.3 is 5.32 Å². The van der Waals surface area contributed by atoms with Crippen LogP contribution in [0.3, 0.4) is 0 Å². The van der Waals surface area contributed by atoms with E-state index in [4.69, 9.17) is 0 Å². The smallest absolute Gasteiger partial charge is 0.0413 e. The first-order valence-electron chi connectivity index (χ1n) is 5.83. The van der Waals surface area contributed by atoms with Crippen LogP contribution < -0.4 is 5.32 Å². The molecule has 1 fully saturated rings. The zero-order valence-corrected chi connectivity index (χ0v) is 12.3. The normalized spacial score (nSPS) is 23.8. The summed E-state index contributed by atoms with van der Waals surface area (Å²) in [5.74, 6) is 0.829. The van der Waals surface area contributed by atoms with E-state index in [1.165, 1.54) is 28.9 Å². The maximum Gasteiger partial charge on any atom is 0.0413 e. The molecule has 1 aromatic rings. The van der Waals surface area contributed by atoms with Gasteiger partial charge in [-0.1, -0.05) is 0 Å². The van der Waals surface area contributed by atoms with Gasteiger partial charge in [0.2, 0.25) is 0 Å². The molecule has 1 aliphatic rings. The van der Waals surface area contributed by atoms with Crippen LogP contribution in [0.2, 0.25) is 0 Å². The second-order valence-corrected chi connectivity index (χ2v) is 6.41. The van der Waals surface area contributed by atoms with Crippen LogP contribution in [-0.2, 0) is 0 Å². The van der Waals surface area contributed by atoms with Gasteiger partial charge in [-0.15, -0.1) is 11.3 Å². The monoisotopic (exact) mass is 302 g/mol. The second-order valence-electron chi connectivity index (χ2n) is 4.55. The second kappa shape index (κ2) is 5.63. The molecule has 2 nitrogen and oxygen atoms in total. The summed E-state index contributed by atoms with van der Waals surface area (Å²) in [5, 5.41) is 5.46. The van der Waals surface area contributed by atoms with Gasteiger partial charge in [-0.05, 0) is 61.4 Å². The van der Waals surface area contributed by atoms with Crippen molar-refractivity contribution < 1.29 is 0 Å². The Morgan fingerprint density at radius 3 is 3.12 bits per heavy atom. The lowest BCUT2D eigenvalue weighted by atomic mass is 10.1. The summed E-state index contributed by atoms with van der Waals surface area (Å²) in [6.45, 7) is 5.94. The van der Waals surface area contributed by atoms with Crippen LogP contribution in [0.4, 0.5) is 0 Å². The molecule has 2 unspecified atom stereocenters. The first-order valence-corrected chi connectivity index (χ1v) is 7.50. The van der Waals surface area contributed by atoms with Crippen molar-refractivity contribution in [3.63, 3.8) is 0 Å². The SMILES string of the molecule is CNCC1CCN(C(C)c2cc(Br)cs2)C1. The van der Waals surface area contributed by atoms with Gasteiger partial charge in [-0.3, -0.25) is 4.90 Å². The summed E-state index contributed by atoms with van der Waals surface area (Å²) in [6, 6.07) is 2.82. The van der Waals surface area contributed by atoms with Crippen molar-refractivity contribution >= 4 is 27.3 Å². The Balaban J connectivity index is 1.94. The molecule has 16 heavy (non-hydrogen) atoms. The van der Waals surface area contributed by atoms with E-state index in [2.05, 4.69) is 44.5 Å². The molecule has 0 spiro atoms. The zero-order chi connectivity index (χ0) is 11.5. The molecule has 0 aromatic carbocycles. The number of nitrogens with one attached hydrogen (secondary N) is 1. The van der Waals surface area contributed by atoms with Crippen molar-refractivity contribution in [3.05, 3.63) is 20.8 Å². The topological polar surface area (TPSA) is 15.3 Å². The van der Waals surface area contributed by atoms with Crippen LogP contribution in [0, 0.1) is 5.92 Å². The van der Waals surface area contributed by atoms with Crippen molar-refractivity contribution in [2.24, 2.45) is 5.92 Å². The fourth-order valence-corrected chi connectivity index (χ4v) is 3.93. The Labute approximate surface area is 110 Å². The third-order valence-electron chi connectivity index (χ3n) is 3.36. The number of thiophene rings is 1. The number of likely N-dealkylation sites (tertiary alicyclic amines) is 1. The van der Waals surface area contributed by atoms with Gasteiger partial charge >= 0.3 is 0 Å². The van der Waals surface area contributed by atoms with Crippen LogP contribution in [0.15, 0.2) is 15.9 Å². The quantitative estimate of drug-likeness (QED) is 0.919. The molecule has 1 aromatic heterocycles. The molecule has 2 rings (SSSR count). The summed E-state index contributed by atoms with van der Waals surface area (Å²) in [6.07, 6.45) is 1.33. The molecular formula is C12H19BrN2S. The predicted molar refractivity (Wildman–Crippen MR) is 74.0 cm³/mol. The minimum atomic E-state index is 0.568. The largest absolute Gasteiger partial charge is 0.319 e. The van der Waals surface area contributed by atoms with Crippen molar-refractivity contribution in [1.82, 2.24) is 10.2 Å². The summed E-state index contributed by atoms with van der Waals surface area (Å²) >= 11 is 5.38. The Kier molecular flexibility index (Phi) is 4.41. The molecule has 2 heterocycles. The summed E-state index contributed by atoms with van der Waals surface area (Å²) in [4.78, 5) is 4.07. The van der Waals surface area contributed by atoms with Crippen LogP contribution in [0.1, 0.15) is 24.3 Å². The average Bonchev–Trinajstić information content (AvgIpc) is 2.87. The molecule has 1 N–H and O–H groups in total. The highest BCUT2D eigenvalue weighted by molar-refractivity contribution is 9.10. The lowest BCUT2D eigenvalue weighted by molar-refractivity contribution is 0.255. The maximum atomic E-state index is 3.53. The third kappa shape index (κ3) is 2.86. The van der Waals surface area contributed by atoms with Crippen LogP contribution in [-0.4, -0.2) is 31.6 Å². The van der Waals surface area contributed by atoms with E-state index in [1.54, 1.807) is 0 Å². The van der Waals surface area contributed by atoms with Crippen molar-refractivity contribution in [2.75, 3.05) is 26.7 Å². The van der Waals surface area contributed by atoms with E-state index in [0.717, 1.165) is 12.5 Å². The lowest BCUT2D eigenvalue weighted by Crippen LogP contribution is -2.26. The molecule has 2 atom stereocenters. The first-order chi connectivity index (χ1) is 7.70. The first kappa shape index (κ1) is 12.6. The number of hydrogen-bond donors (Lipinski definition) is 1. The van der Waals surface area contributed by atoms with Crippen LogP contribution >= 0.6 is 27.3 Å². The van der Waals surface area contributed by atoms with E-state index < -0.39 is 0 Å². The summed E-state index contributed by atoms with van der Waals surface area (Å²) in [7, 11) is 2.04. The van der Waals surface area contributed by atoms with Gasteiger partial charge in [0.05, 0.1) is 0 Å². The predicted octanol–water partition coefficient (Wildman–Crippen LogP) is 3.11. The molecule has 90 valence electrons. The summed E-state index contributed by atoms with van der Waals surface area (Å²) in [5.41, 5.74) is 0. The van der Waals surface area contributed by atoms with Gasteiger partial charge in [0.15, 0.2) is 0 Å². The lowest BCUT2D eigenvalue weighted by Gasteiger charge is -2.23. The van der Waals surface area contributed by atoms with E-state index in [1.807, 2.05) is 18.4 Å². The van der Waals surface area contributed by atoms with E-state index in [0.29, 0.717) is 6.04 Å².